The molecule has 4 rings (SSSR count). The first-order valence-corrected chi connectivity index (χ1v) is 10.8. The van der Waals surface area contributed by atoms with Gasteiger partial charge in [0.15, 0.2) is 0 Å². The van der Waals surface area contributed by atoms with Crippen molar-refractivity contribution in [3.8, 4) is 11.4 Å². The molecule has 0 aliphatic heterocycles. The molecule has 0 aliphatic carbocycles. The van der Waals surface area contributed by atoms with E-state index in [0.29, 0.717) is 33.6 Å². The standard InChI is InChI=1S/C27H27N3O3/c1-17-12-13-20(29-25(31)18-8-6-9-19(14-18)27(2,3)4)15-22(17)30-16-28-24-21(26(30)32)10-7-11-23(24)33-5/h6-16H,1-5H3,(H,29,31). The van der Waals surface area contributed by atoms with Crippen LogP contribution in [0.4, 0.5) is 5.69 Å². The van der Waals surface area contributed by atoms with Gasteiger partial charge in [-0.15, -0.1) is 0 Å². The van der Waals surface area contributed by atoms with E-state index in [1.165, 1.54) is 10.9 Å². The maximum Gasteiger partial charge on any atom is 0.265 e. The molecule has 0 bridgehead atoms. The van der Waals surface area contributed by atoms with Crippen LogP contribution in [0.25, 0.3) is 16.6 Å². The Morgan fingerprint density at radius 1 is 1.03 bits per heavy atom. The van der Waals surface area contributed by atoms with Gasteiger partial charge in [-0.2, -0.15) is 0 Å². The van der Waals surface area contributed by atoms with Crippen molar-refractivity contribution in [1.82, 2.24) is 9.55 Å². The fourth-order valence-corrected chi connectivity index (χ4v) is 3.74. The summed E-state index contributed by atoms with van der Waals surface area (Å²) in [6, 6.07) is 18.4. The van der Waals surface area contributed by atoms with Gasteiger partial charge in [0.2, 0.25) is 0 Å². The fourth-order valence-electron chi connectivity index (χ4n) is 3.74. The number of aryl methyl sites for hydroxylation is 1. The van der Waals surface area contributed by atoms with Crippen molar-refractivity contribution >= 4 is 22.5 Å². The van der Waals surface area contributed by atoms with Crippen LogP contribution in [0.15, 0.2) is 71.8 Å². The molecule has 3 aromatic carbocycles. The third kappa shape index (κ3) is 4.37. The summed E-state index contributed by atoms with van der Waals surface area (Å²) in [5.74, 6) is 0.344. The molecule has 0 saturated heterocycles. The van der Waals surface area contributed by atoms with Crippen molar-refractivity contribution in [2.24, 2.45) is 0 Å². The molecule has 6 nitrogen and oxygen atoms in total. The number of amides is 1. The van der Waals surface area contributed by atoms with Crippen LogP contribution in [0.5, 0.6) is 5.75 Å². The molecule has 168 valence electrons. The van der Waals surface area contributed by atoms with Crippen molar-refractivity contribution in [2.45, 2.75) is 33.1 Å². The minimum atomic E-state index is -0.205. The minimum Gasteiger partial charge on any atom is -0.494 e. The summed E-state index contributed by atoms with van der Waals surface area (Å²) in [5, 5.41) is 3.42. The molecule has 0 saturated carbocycles. The van der Waals surface area contributed by atoms with Crippen LogP contribution in [0.3, 0.4) is 0 Å². The number of nitrogens with one attached hydrogen (secondary N) is 1. The summed E-state index contributed by atoms with van der Waals surface area (Å²) in [4.78, 5) is 30.6. The summed E-state index contributed by atoms with van der Waals surface area (Å²) < 4.78 is 6.82. The van der Waals surface area contributed by atoms with Gasteiger partial charge in [0.1, 0.15) is 17.6 Å². The Balaban J connectivity index is 1.70. The zero-order valence-electron chi connectivity index (χ0n) is 19.5. The molecule has 0 atom stereocenters. The van der Waals surface area contributed by atoms with Crippen molar-refractivity contribution in [1.29, 1.82) is 0 Å². The third-order valence-electron chi connectivity index (χ3n) is 5.69. The molecule has 0 unspecified atom stereocenters. The van der Waals surface area contributed by atoms with Crippen LogP contribution in [0.2, 0.25) is 0 Å². The molecule has 0 aliphatic rings. The van der Waals surface area contributed by atoms with E-state index in [0.717, 1.165) is 11.1 Å². The summed E-state index contributed by atoms with van der Waals surface area (Å²) in [5.41, 5.74) is 4.06. The van der Waals surface area contributed by atoms with Crippen LogP contribution in [-0.4, -0.2) is 22.6 Å². The number of benzene rings is 3. The number of fused-ring (bicyclic) bond motifs is 1. The van der Waals surface area contributed by atoms with Gasteiger partial charge in [-0.25, -0.2) is 4.98 Å². The lowest BCUT2D eigenvalue weighted by Crippen LogP contribution is -2.20. The Morgan fingerprint density at radius 2 is 1.79 bits per heavy atom. The van der Waals surface area contributed by atoms with Crippen LogP contribution >= 0.6 is 0 Å². The lowest BCUT2D eigenvalue weighted by Gasteiger charge is -2.19. The van der Waals surface area contributed by atoms with Crippen LogP contribution < -0.4 is 15.6 Å². The predicted molar refractivity (Wildman–Crippen MR) is 132 cm³/mol. The zero-order valence-corrected chi connectivity index (χ0v) is 19.5. The number of aromatic nitrogens is 2. The zero-order chi connectivity index (χ0) is 23.8. The molecule has 1 amide bonds. The molecule has 33 heavy (non-hydrogen) atoms. The maximum atomic E-state index is 13.2. The van der Waals surface area contributed by atoms with Crippen LogP contribution in [0, 0.1) is 6.92 Å². The highest BCUT2D eigenvalue weighted by Gasteiger charge is 2.16. The maximum absolute atomic E-state index is 13.2. The number of carbonyl (C=O) groups is 1. The number of hydrogen-bond acceptors (Lipinski definition) is 4. The second-order valence-corrected chi connectivity index (χ2v) is 9.06. The van der Waals surface area contributed by atoms with Crippen LogP contribution in [-0.2, 0) is 5.41 Å². The van der Waals surface area contributed by atoms with Gasteiger partial charge < -0.3 is 10.1 Å². The number of hydrogen-bond donors (Lipinski definition) is 1. The number of carbonyl (C=O) groups excluding carboxylic acids is 1. The van der Waals surface area contributed by atoms with Gasteiger partial charge in [-0.05, 0) is 59.9 Å². The van der Waals surface area contributed by atoms with Gasteiger partial charge in [0.25, 0.3) is 11.5 Å². The Hall–Kier alpha value is -3.93. The van der Waals surface area contributed by atoms with E-state index in [1.54, 1.807) is 37.4 Å². The highest BCUT2D eigenvalue weighted by molar-refractivity contribution is 6.04. The van der Waals surface area contributed by atoms with E-state index in [1.807, 2.05) is 37.3 Å². The number of ether oxygens (including phenoxy) is 1. The highest BCUT2D eigenvalue weighted by atomic mass is 16.5. The van der Waals surface area contributed by atoms with E-state index < -0.39 is 0 Å². The molecule has 0 fully saturated rings. The third-order valence-corrected chi connectivity index (χ3v) is 5.69. The number of rotatable bonds is 4. The Bertz CT molecular complexity index is 1410. The summed E-state index contributed by atoms with van der Waals surface area (Å²) in [7, 11) is 1.55. The predicted octanol–water partition coefficient (Wildman–Crippen LogP) is 5.25. The Kier molecular flexibility index (Phi) is 5.77. The van der Waals surface area contributed by atoms with E-state index in [4.69, 9.17) is 4.74 Å². The largest absolute Gasteiger partial charge is 0.494 e. The van der Waals surface area contributed by atoms with E-state index in [9.17, 15) is 9.59 Å². The number of nitrogens with zero attached hydrogens (tertiary/aromatic N) is 2. The number of methoxy groups -OCH3 is 1. The van der Waals surface area contributed by atoms with Crippen molar-refractivity contribution in [3.05, 3.63) is 94.0 Å². The lowest BCUT2D eigenvalue weighted by atomic mass is 9.86. The molecular weight excluding hydrogens is 414 g/mol. The monoisotopic (exact) mass is 441 g/mol. The summed E-state index contributed by atoms with van der Waals surface area (Å²) in [6.07, 6.45) is 1.49. The second-order valence-electron chi connectivity index (χ2n) is 9.06. The molecule has 0 spiro atoms. The van der Waals surface area contributed by atoms with Crippen molar-refractivity contribution in [3.63, 3.8) is 0 Å². The first kappa shape index (κ1) is 22.3. The average molecular weight is 442 g/mol. The minimum absolute atomic E-state index is 0.0553. The first-order valence-electron chi connectivity index (χ1n) is 10.8. The molecule has 1 heterocycles. The Morgan fingerprint density at radius 3 is 2.52 bits per heavy atom. The van der Waals surface area contributed by atoms with Gasteiger partial charge in [0, 0.05) is 11.3 Å². The summed E-state index contributed by atoms with van der Waals surface area (Å²) in [6.45, 7) is 8.25. The molecule has 6 heteroatoms. The van der Waals surface area contributed by atoms with Gasteiger partial charge in [-0.1, -0.05) is 45.0 Å². The first-order chi connectivity index (χ1) is 15.7. The highest BCUT2D eigenvalue weighted by Crippen LogP contribution is 2.25. The fraction of sp³-hybridized carbons (Fsp3) is 0.222. The van der Waals surface area contributed by atoms with Crippen LogP contribution in [0.1, 0.15) is 42.3 Å². The smallest absolute Gasteiger partial charge is 0.265 e. The molecule has 4 aromatic rings. The lowest BCUT2D eigenvalue weighted by molar-refractivity contribution is 0.102. The normalized spacial score (nSPS) is 11.4. The number of para-hydroxylation sites is 1. The quantitative estimate of drug-likeness (QED) is 0.469. The Labute approximate surface area is 192 Å². The SMILES string of the molecule is COc1cccc2c(=O)n(-c3cc(NC(=O)c4cccc(C(C)(C)C)c4)ccc3C)cnc12. The van der Waals surface area contributed by atoms with E-state index in [2.05, 4.69) is 31.1 Å². The van der Waals surface area contributed by atoms with E-state index in [-0.39, 0.29) is 16.9 Å². The van der Waals surface area contributed by atoms with E-state index >= 15 is 0 Å². The number of anilines is 1. The molecular formula is C27H27N3O3. The van der Waals surface area contributed by atoms with Gasteiger partial charge in [-0.3, -0.25) is 14.2 Å². The average Bonchev–Trinajstić information content (AvgIpc) is 2.80. The second kappa shape index (κ2) is 8.54. The topological polar surface area (TPSA) is 73.2 Å². The van der Waals surface area contributed by atoms with Gasteiger partial charge >= 0.3 is 0 Å². The molecule has 1 N–H and O–H groups in total. The summed E-state index contributed by atoms with van der Waals surface area (Å²) >= 11 is 0. The molecule has 1 aromatic heterocycles. The van der Waals surface area contributed by atoms with Crippen molar-refractivity contribution in [2.75, 3.05) is 12.4 Å². The van der Waals surface area contributed by atoms with Gasteiger partial charge in [0.05, 0.1) is 18.2 Å². The molecule has 0 radical (unpaired) electrons. The van der Waals surface area contributed by atoms with Crippen molar-refractivity contribution < 1.29 is 9.53 Å².